The molecule has 1 aliphatic rings. The minimum Gasteiger partial charge on any atom is -0.314 e. The van der Waals surface area contributed by atoms with Crippen LogP contribution in [0.4, 0.5) is 4.39 Å². The van der Waals surface area contributed by atoms with Crippen LogP contribution in [0.25, 0.3) is 10.8 Å². The molecule has 3 rings (SSSR count). The molecule has 2 nitrogen and oxygen atoms in total. The van der Waals surface area contributed by atoms with Gasteiger partial charge < -0.3 is 5.32 Å². The molecular weight excluding hydrogens is 287 g/mol. The highest BCUT2D eigenvalue weighted by Crippen LogP contribution is 2.27. The molecule has 21 heavy (non-hydrogen) atoms. The van der Waals surface area contributed by atoms with Crippen molar-refractivity contribution in [3.05, 3.63) is 48.0 Å². The molecule has 0 spiro atoms. The minimum atomic E-state index is -0.262. The predicted octanol–water partition coefficient (Wildman–Crippen LogP) is 3.57. The third-order valence-corrected chi connectivity index (χ3v) is 4.13. The van der Waals surface area contributed by atoms with Gasteiger partial charge in [-0.2, -0.15) is 0 Å². The molecule has 4 heteroatoms. The second-order valence-electron chi connectivity index (χ2n) is 5.39. The van der Waals surface area contributed by atoms with Crippen molar-refractivity contribution in [3.63, 3.8) is 0 Å². The molecule has 0 unspecified atom stereocenters. The second kappa shape index (κ2) is 7.74. The van der Waals surface area contributed by atoms with Crippen LogP contribution in [-0.4, -0.2) is 37.8 Å². The van der Waals surface area contributed by atoms with Crippen LogP contribution in [0, 0.1) is 0 Å². The Morgan fingerprint density at radius 1 is 1.05 bits per heavy atom. The lowest BCUT2D eigenvalue weighted by atomic mass is 9.98. The van der Waals surface area contributed by atoms with Crippen LogP contribution in [0.15, 0.2) is 42.5 Å². The molecule has 1 atom stereocenters. The third-order valence-electron chi connectivity index (χ3n) is 4.13. The Morgan fingerprint density at radius 3 is 2.48 bits per heavy atom. The summed E-state index contributed by atoms with van der Waals surface area (Å²) in [5.41, 5.74) is 1.24. The van der Waals surface area contributed by atoms with Crippen LogP contribution in [0.2, 0.25) is 0 Å². The van der Waals surface area contributed by atoms with Gasteiger partial charge in [0, 0.05) is 32.2 Å². The van der Waals surface area contributed by atoms with Crippen molar-refractivity contribution in [2.24, 2.45) is 0 Å². The van der Waals surface area contributed by atoms with Crippen LogP contribution in [0.1, 0.15) is 18.0 Å². The lowest BCUT2D eigenvalue weighted by molar-refractivity contribution is 0.157. The zero-order valence-corrected chi connectivity index (χ0v) is 12.9. The van der Waals surface area contributed by atoms with Gasteiger partial charge in [-0.05, 0) is 28.8 Å². The molecule has 1 heterocycles. The molecule has 2 aromatic rings. The SMILES string of the molecule is Cl.FCC[C@H](c1ccc2ccccc2c1)N1CCNCC1. The number of benzene rings is 2. The third kappa shape index (κ3) is 3.73. The molecule has 0 aliphatic carbocycles. The van der Waals surface area contributed by atoms with Crippen LogP contribution in [-0.2, 0) is 0 Å². The Morgan fingerprint density at radius 2 is 1.76 bits per heavy atom. The molecule has 114 valence electrons. The number of rotatable bonds is 4. The summed E-state index contributed by atoms with van der Waals surface area (Å²) in [5, 5.41) is 5.84. The molecule has 2 aromatic carbocycles. The van der Waals surface area contributed by atoms with Crippen molar-refractivity contribution >= 4 is 23.2 Å². The number of hydrogen-bond donors (Lipinski definition) is 1. The smallest absolute Gasteiger partial charge is 0.0912 e. The zero-order chi connectivity index (χ0) is 13.8. The first-order chi connectivity index (χ1) is 9.88. The largest absolute Gasteiger partial charge is 0.314 e. The molecule has 1 aliphatic heterocycles. The fourth-order valence-electron chi connectivity index (χ4n) is 3.07. The first kappa shape index (κ1) is 16.2. The van der Waals surface area contributed by atoms with E-state index >= 15 is 0 Å². The summed E-state index contributed by atoms with van der Waals surface area (Å²) in [4.78, 5) is 2.40. The molecule has 1 fully saturated rings. The summed E-state index contributed by atoms with van der Waals surface area (Å²) >= 11 is 0. The Kier molecular flexibility index (Phi) is 5.97. The Hall–Kier alpha value is -1.16. The standard InChI is InChI=1S/C17H21FN2.ClH/c18-8-7-17(20-11-9-19-10-12-20)16-6-5-14-3-1-2-4-15(14)13-16;/h1-6,13,17,19H,7-12H2;1H/t17-;/m1./s1. The zero-order valence-electron chi connectivity index (χ0n) is 12.1. The first-order valence-electron chi connectivity index (χ1n) is 7.38. The van der Waals surface area contributed by atoms with Crippen molar-refractivity contribution in [2.45, 2.75) is 12.5 Å². The maximum atomic E-state index is 13.0. The van der Waals surface area contributed by atoms with Crippen molar-refractivity contribution in [2.75, 3.05) is 32.9 Å². The molecule has 0 radical (unpaired) electrons. The van der Waals surface area contributed by atoms with E-state index in [9.17, 15) is 4.39 Å². The number of piperazine rings is 1. The summed E-state index contributed by atoms with van der Waals surface area (Å²) in [5.74, 6) is 0. The fraction of sp³-hybridized carbons (Fsp3) is 0.412. The highest BCUT2D eigenvalue weighted by molar-refractivity contribution is 5.85. The average Bonchev–Trinajstić information content (AvgIpc) is 2.53. The van der Waals surface area contributed by atoms with Gasteiger partial charge in [0.25, 0.3) is 0 Å². The van der Waals surface area contributed by atoms with E-state index in [0.29, 0.717) is 6.42 Å². The minimum absolute atomic E-state index is 0. The van der Waals surface area contributed by atoms with Crippen molar-refractivity contribution in [1.29, 1.82) is 0 Å². The van der Waals surface area contributed by atoms with Crippen LogP contribution in [0.5, 0.6) is 0 Å². The lowest BCUT2D eigenvalue weighted by Crippen LogP contribution is -2.45. The summed E-state index contributed by atoms with van der Waals surface area (Å²) in [6, 6.07) is 15.1. The average molecular weight is 309 g/mol. The van der Waals surface area contributed by atoms with Gasteiger partial charge in [0.1, 0.15) is 0 Å². The maximum Gasteiger partial charge on any atom is 0.0912 e. The van der Waals surface area contributed by atoms with Crippen molar-refractivity contribution < 1.29 is 4.39 Å². The van der Waals surface area contributed by atoms with Gasteiger partial charge in [-0.15, -0.1) is 12.4 Å². The van der Waals surface area contributed by atoms with Gasteiger partial charge in [-0.3, -0.25) is 9.29 Å². The maximum absolute atomic E-state index is 13.0. The number of fused-ring (bicyclic) bond motifs is 1. The van der Waals surface area contributed by atoms with Gasteiger partial charge in [-0.1, -0.05) is 36.4 Å². The Balaban J connectivity index is 0.00000161. The summed E-state index contributed by atoms with van der Waals surface area (Å²) in [7, 11) is 0. The van der Waals surface area contributed by atoms with Gasteiger partial charge in [0.15, 0.2) is 0 Å². The van der Waals surface area contributed by atoms with E-state index in [4.69, 9.17) is 0 Å². The van der Waals surface area contributed by atoms with E-state index in [1.807, 2.05) is 0 Å². The number of halogens is 2. The Labute approximate surface area is 131 Å². The quantitative estimate of drug-likeness (QED) is 0.929. The topological polar surface area (TPSA) is 15.3 Å². The van der Waals surface area contributed by atoms with Gasteiger partial charge in [-0.25, -0.2) is 0 Å². The van der Waals surface area contributed by atoms with Crippen LogP contribution < -0.4 is 5.32 Å². The van der Waals surface area contributed by atoms with Crippen molar-refractivity contribution in [3.8, 4) is 0 Å². The highest BCUT2D eigenvalue weighted by atomic mass is 35.5. The molecular formula is C17H22ClFN2. The molecule has 1 N–H and O–H groups in total. The Bertz CT molecular complexity index is 569. The monoisotopic (exact) mass is 308 g/mol. The van der Waals surface area contributed by atoms with Crippen LogP contribution in [0.3, 0.4) is 0 Å². The highest BCUT2D eigenvalue weighted by Gasteiger charge is 2.21. The summed E-state index contributed by atoms with van der Waals surface area (Å²) < 4.78 is 13.0. The van der Waals surface area contributed by atoms with E-state index in [2.05, 4.69) is 52.7 Å². The summed E-state index contributed by atoms with van der Waals surface area (Å²) in [6.45, 7) is 3.73. The number of alkyl halides is 1. The van der Waals surface area contributed by atoms with Gasteiger partial charge >= 0.3 is 0 Å². The number of nitrogens with zero attached hydrogens (tertiary/aromatic N) is 1. The molecule has 1 saturated heterocycles. The van der Waals surface area contributed by atoms with Gasteiger partial charge in [0.05, 0.1) is 6.67 Å². The number of nitrogens with one attached hydrogen (secondary N) is 1. The van der Waals surface area contributed by atoms with Gasteiger partial charge in [0.2, 0.25) is 0 Å². The molecule has 0 saturated carbocycles. The van der Waals surface area contributed by atoms with E-state index in [1.54, 1.807) is 0 Å². The molecule has 0 aromatic heterocycles. The van der Waals surface area contributed by atoms with E-state index in [0.717, 1.165) is 26.2 Å². The fourth-order valence-corrected chi connectivity index (χ4v) is 3.07. The lowest BCUT2D eigenvalue weighted by Gasteiger charge is -2.35. The van der Waals surface area contributed by atoms with E-state index in [1.165, 1.54) is 16.3 Å². The van der Waals surface area contributed by atoms with Crippen molar-refractivity contribution in [1.82, 2.24) is 10.2 Å². The van der Waals surface area contributed by atoms with E-state index < -0.39 is 0 Å². The first-order valence-corrected chi connectivity index (χ1v) is 7.38. The van der Waals surface area contributed by atoms with E-state index in [-0.39, 0.29) is 25.1 Å². The van der Waals surface area contributed by atoms with Crippen LogP contribution >= 0.6 is 12.4 Å². The second-order valence-corrected chi connectivity index (χ2v) is 5.39. The normalized spacial score (nSPS) is 17.4. The number of hydrogen-bond acceptors (Lipinski definition) is 2. The molecule has 0 amide bonds. The predicted molar refractivity (Wildman–Crippen MR) is 89.0 cm³/mol. The summed E-state index contributed by atoms with van der Waals surface area (Å²) in [6.07, 6.45) is 0.582. The molecule has 0 bridgehead atoms.